The van der Waals surface area contributed by atoms with E-state index in [4.69, 9.17) is 30.5 Å². The summed E-state index contributed by atoms with van der Waals surface area (Å²) in [5.74, 6) is -2.88. The summed E-state index contributed by atoms with van der Waals surface area (Å²) in [4.78, 5) is 104. The van der Waals surface area contributed by atoms with Gasteiger partial charge in [-0.1, -0.05) is 37.0 Å². The number of hydrogen-bond acceptors (Lipinski definition) is 19. The van der Waals surface area contributed by atoms with E-state index in [-0.39, 0.29) is 131 Å². The van der Waals surface area contributed by atoms with Gasteiger partial charge in [0.1, 0.15) is 12.6 Å². The van der Waals surface area contributed by atoms with Crippen LogP contribution in [0.25, 0.3) is 0 Å². The molecule has 0 aliphatic rings. The van der Waals surface area contributed by atoms with Crippen LogP contribution in [-0.4, -0.2) is 184 Å². The number of rotatable bonds is 51. The Morgan fingerprint density at radius 1 is 0.487 bits per heavy atom. The number of oxime groups is 2. The van der Waals surface area contributed by atoms with Crippen molar-refractivity contribution in [2.45, 2.75) is 175 Å². The predicted octanol–water partition coefficient (Wildman–Crippen LogP) is 0.523. The Morgan fingerprint density at radius 2 is 0.912 bits per heavy atom. The van der Waals surface area contributed by atoms with Crippen LogP contribution < -0.4 is 59.5 Å². The van der Waals surface area contributed by atoms with Crippen molar-refractivity contribution in [3.63, 3.8) is 0 Å². The number of ether oxygens (including phenoxy) is 3. The lowest BCUT2D eigenvalue weighted by atomic mass is 9.98. The van der Waals surface area contributed by atoms with Gasteiger partial charge in [-0.25, -0.2) is 5.48 Å². The van der Waals surface area contributed by atoms with E-state index in [0.717, 1.165) is 12.8 Å². The molecule has 0 unspecified atom stereocenters. The Hall–Kier alpha value is -5.58. The minimum Gasteiger partial charge on any atom is -0.411 e. The lowest BCUT2D eigenvalue weighted by molar-refractivity contribution is -0.129. The first-order valence-electron chi connectivity index (χ1n) is 28.2. The molecule has 0 bridgehead atoms. The van der Waals surface area contributed by atoms with Crippen molar-refractivity contribution in [1.29, 1.82) is 0 Å². The zero-order valence-corrected chi connectivity index (χ0v) is 49.2. The Morgan fingerprint density at radius 3 is 1.43 bits per heavy atom. The van der Waals surface area contributed by atoms with Crippen molar-refractivity contribution in [3.8, 4) is 0 Å². The molecule has 80 heavy (non-hydrogen) atoms. The largest absolute Gasteiger partial charge is 0.411 e. The van der Waals surface area contributed by atoms with Gasteiger partial charge in [-0.15, -0.1) is 0 Å². The molecule has 0 radical (unpaired) electrons. The van der Waals surface area contributed by atoms with Gasteiger partial charge >= 0.3 is 0 Å². The van der Waals surface area contributed by atoms with Crippen molar-refractivity contribution in [3.05, 3.63) is 0 Å². The second-order valence-electron chi connectivity index (χ2n) is 20.9. The van der Waals surface area contributed by atoms with Crippen LogP contribution in [0, 0.1) is 11.8 Å². The summed E-state index contributed by atoms with van der Waals surface area (Å²) >= 11 is 0. The van der Waals surface area contributed by atoms with Crippen molar-refractivity contribution in [1.82, 2.24) is 48.0 Å². The lowest BCUT2D eigenvalue weighted by Gasteiger charge is -2.32. The van der Waals surface area contributed by atoms with Gasteiger partial charge in [-0.3, -0.25) is 43.2 Å². The molecule has 0 aliphatic heterocycles. The van der Waals surface area contributed by atoms with Crippen LogP contribution in [0.1, 0.15) is 152 Å². The molecule has 0 saturated carbocycles. The normalized spacial score (nSPS) is 13.6. The van der Waals surface area contributed by atoms with Crippen molar-refractivity contribution in [2.75, 3.05) is 92.1 Å². The number of nitrogens with one attached hydrogen (secondary N) is 9. The minimum absolute atomic E-state index is 0.0156. The SMILES string of the molecule is C/C(=N/O)C(C)(C)NCC(CNC(C)(C)/C(C)=N\O)NC(=O)CCCC(=O)NCCCC[C@H](NC(=O)CCCC(=O)NCCOCCONCCOCCOCC(=O)NCCCC[C@H](C)C(N)=O)C(=O)NCCCC[C@H](C)C(N)=O. The highest BCUT2D eigenvalue weighted by molar-refractivity contribution is 5.91. The maximum Gasteiger partial charge on any atom is 0.245 e. The third kappa shape index (κ3) is 39.7. The molecular formula is C53H101N13O14. The number of primary amides is 2. The molecule has 0 spiro atoms. The summed E-state index contributed by atoms with van der Waals surface area (Å²) in [6.45, 7) is 18.4. The fourth-order valence-corrected chi connectivity index (χ4v) is 7.13. The Balaban J connectivity index is 4.61. The van der Waals surface area contributed by atoms with E-state index >= 15 is 0 Å². The summed E-state index contributed by atoms with van der Waals surface area (Å²) in [5, 5.41) is 48.8. The van der Waals surface area contributed by atoms with Crippen LogP contribution in [0.2, 0.25) is 0 Å². The number of nitrogens with zero attached hydrogens (tertiary/aromatic N) is 2. The Bertz CT molecular complexity index is 1840. The molecule has 0 fully saturated rings. The molecule has 0 aromatic carbocycles. The summed E-state index contributed by atoms with van der Waals surface area (Å²) in [7, 11) is 0. The second-order valence-corrected chi connectivity index (χ2v) is 20.9. The average molecular weight is 1140 g/mol. The Kier molecular flexibility index (Phi) is 41.9. The average Bonchev–Trinajstić information content (AvgIpc) is 3.41. The maximum atomic E-state index is 13.2. The number of carbonyl (C=O) groups excluding carboxylic acids is 8. The van der Waals surface area contributed by atoms with Gasteiger partial charge in [-0.2, -0.15) is 0 Å². The highest BCUT2D eigenvalue weighted by Gasteiger charge is 2.27. The summed E-state index contributed by atoms with van der Waals surface area (Å²) in [5.41, 5.74) is 12.9. The first-order valence-corrected chi connectivity index (χ1v) is 28.2. The molecule has 27 nitrogen and oxygen atoms in total. The number of amides is 8. The topological polar surface area (TPSA) is 399 Å². The van der Waals surface area contributed by atoms with E-state index in [1.807, 2.05) is 27.7 Å². The highest BCUT2D eigenvalue weighted by Crippen LogP contribution is 2.11. The van der Waals surface area contributed by atoms with Crippen molar-refractivity contribution in [2.24, 2.45) is 33.6 Å². The molecule has 3 atom stereocenters. The first kappa shape index (κ1) is 74.4. The third-order valence-electron chi connectivity index (χ3n) is 13.2. The van der Waals surface area contributed by atoms with Gasteiger partial charge in [0.15, 0.2) is 0 Å². The van der Waals surface area contributed by atoms with Crippen LogP contribution in [0.3, 0.4) is 0 Å². The molecule has 0 heterocycles. The van der Waals surface area contributed by atoms with Crippen LogP contribution in [0.5, 0.6) is 0 Å². The number of hydroxylamine groups is 1. The quantitative estimate of drug-likeness (QED) is 0.0171. The number of nitrogens with two attached hydrogens (primary N) is 2. The van der Waals surface area contributed by atoms with E-state index in [9.17, 15) is 48.8 Å². The van der Waals surface area contributed by atoms with Gasteiger partial charge < -0.3 is 78.6 Å². The maximum absolute atomic E-state index is 13.2. The van der Waals surface area contributed by atoms with Crippen molar-refractivity contribution < 1.29 is 67.8 Å². The van der Waals surface area contributed by atoms with E-state index in [1.165, 1.54) is 0 Å². The molecule has 8 amide bonds. The van der Waals surface area contributed by atoms with E-state index < -0.39 is 23.2 Å². The van der Waals surface area contributed by atoms with Gasteiger partial charge in [-0.05, 0) is 99.3 Å². The van der Waals surface area contributed by atoms with E-state index in [2.05, 4.69) is 58.3 Å². The van der Waals surface area contributed by atoms with Crippen LogP contribution in [-0.2, 0) is 57.4 Å². The zero-order valence-electron chi connectivity index (χ0n) is 49.2. The van der Waals surface area contributed by atoms with Gasteiger partial charge in [0.25, 0.3) is 0 Å². The van der Waals surface area contributed by atoms with E-state index in [0.29, 0.717) is 115 Å². The number of unbranched alkanes of at least 4 members (excludes halogenated alkanes) is 3. The van der Waals surface area contributed by atoms with Crippen LogP contribution in [0.4, 0.5) is 0 Å². The smallest absolute Gasteiger partial charge is 0.245 e. The van der Waals surface area contributed by atoms with Gasteiger partial charge in [0.05, 0.1) is 68.2 Å². The Labute approximate surface area is 473 Å². The third-order valence-corrected chi connectivity index (χ3v) is 13.2. The summed E-state index contributed by atoms with van der Waals surface area (Å²) in [6.07, 6.45) is 6.28. The first-order chi connectivity index (χ1) is 37.9. The number of carbonyl (C=O) groups is 8. The van der Waals surface area contributed by atoms with Gasteiger partial charge in [0, 0.05) is 83.3 Å². The summed E-state index contributed by atoms with van der Waals surface area (Å²) < 4.78 is 16.2. The molecule has 15 N–H and O–H groups in total. The molecule has 27 heteroatoms. The van der Waals surface area contributed by atoms with Crippen molar-refractivity contribution >= 4 is 58.7 Å². The highest BCUT2D eigenvalue weighted by atomic mass is 16.7. The molecule has 0 aliphatic carbocycles. The standard InChI is InChI=1S/C53H101N13O14/c1-38(49(54)72)17-9-12-25-57-48(71)37-79-32-31-78-30-28-62-80-34-33-77-29-27-58-45(68)21-16-23-47(70)64-43(51(74)59-26-13-10-18-39(2)50(55)73)19-11-14-24-56-44(67)20-15-22-46(69)63-42(35-60-52(5,6)40(3)65-75)36-61-53(7,8)41(4)66-76/h38-39,42-43,60-62,75-76H,9-37H2,1-8H3,(H2,54,72)(H2,55,73)(H,56,67)(H,57,71)(H,58,68)(H,59,74)(H,63,69)(H,64,70)/b65-40-,66-41-/t38-,39-,43-/m0/s1. The predicted molar refractivity (Wildman–Crippen MR) is 302 cm³/mol. The molecular weight excluding hydrogens is 1040 g/mol. The fourth-order valence-electron chi connectivity index (χ4n) is 7.13. The molecule has 0 aromatic rings. The fraction of sp³-hybridized carbons (Fsp3) is 0.811. The summed E-state index contributed by atoms with van der Waals surface area (Å²) in [6, 6.07) is -1.26. The molecule has 0 saturated heterocycles. The number of hydrogen-bond donors (Lipinski definition) is 13. The lowest BCUT2D eigenvalue weighted by Crippen LogP contribution is -2.57. The molecule has 0 aromatic heterocycles. The van der Waals surface area contributed by atoms with E-state index in [1.54, 1.807) is 27.7 Å². The molecule has 462 valence electrons. The second kappa shape index (κ2) is 45.1. The molecule has 0 rings (SSSR count). The minimum atomic E-state index is -0.850. The van der Waals surface area contributed by atoms with Crippen LogP contribution >= 0.6 is 0 Å². The zero-order chi connectivity index (χ0) is 60.2. The van der Waals surface area contributed by atoms with Gasteiger partial charge in [0.2, 0.25) is 47.3 Å². The monoisotopic (exact) mass is 1140 g/mol. The van der Waals surface area contributed by atoms with Crippen LogP contribution in [0.15, 0.2) is 10.3 Å².